The second-order valence-electron chi connectivity index (χ2n) is 4.80. The Kier molecular flexibility index (Phi) is 4.11. The Balaban J connectivity index is 2.26. The van der Waals surface area contributed by atoms with E-state index < -0.39 is 0 Å². The highest BCUT2D eigenvalue weighted by Gasteiger charge is 2.20. The molecule has 1 aliphatic rings. The zero-order valence-corrected chi connectivity index (χ0v) is 8.97. The first-order valence-corrected chi connectivity index (χ1v) is 5.74. The molecule has 0 bridgehead atoms. The highest BCUT2D eigenvalue weighted by atomic mass is 14.3. The molecule has 0 nitrogen and oxygen atoms in total. The summed E-state index contributed by atoms with van der Waals surface area (Å²) in [5.74, 6) is 2.97. The molecule has 1 atom stereocenters. The fourth-order valence-electron chi connectivity index (χ4n) is 2.58. The van der Waals surface area contributed by atoms with Crippen LogP contribution in [0.25, 0.3) is 0 Å². The Hall–Kier alpha value is 0. The van der Waals surface area contributed by atoms with Crippen LogP contribution in [-0.4, -0.2) is 0 Å². The third-order valence-corrected chi connectivity index (χ3v) is 3.58. The highest BCUT2D eigenvalue weighted by Crippen LogP contribution is 2.33. The van der Waals surface area contributed by atoms with Gasteiger partial charge in [0.1, 0.15) is 0 Å². The number of hydrogen-bond donors (Lipinski definition) is 0. The molecule has 0 aromatic rings. The van der Waals surface area contributed by atoms with Crippen LogP contribution in [0.15, 0.2) is 0 Å². The lowest BCUT2D eigenvalue weighted by atomic mass is 9.84. The highest BCUT2D eigenvalue weighted by molar-refractivity contribution is 4.72. The van der Waals surface area contributed by atoms with Crippen LogP contribution >= 0.6 is 0 Å². The van der Waals surface area contributed by atoms with E-state index in [1.807, 2.05) is 0 Å². The van der Waals surface area contributed by atoms with E-state index >= 15 is 0 Å². The lowest BCUT2D eigenvalue weighted by molar-refractivity contribution is 0.290. The molecule has 0 heteroatoms. The van der Waals surface area contributed by atoms with Gasteiger partial charge in [-0.2, -0.15) is 0 Å². The lowest BCUT2D eigenvalue weighted by Gasteiger charge is -2.22. The lowest BCUT2D eigenvalue weighted by Crippen LogP contribution is -2.11. The molecule has 0 radical (unpaired) electrons. The minimum Gasteiger partial charge on any atom is -0.0651 e. The maximum absolute atomic E-state index is 2.38. The SMILES string of the molecule is CC[C@H](CC1CCCC1)C(C)C. The normalized spacial score (nSPS) is 22.0. The Morgan fingerprint density at radius 2 is 1.75 bits per heavy atom. The second-order valence-corrected chi connectivity index (χ2v) is 4.80. The van der Waals surface area contributed by atoms with Crippen molar-refractivity contribution in [1.82, 2.24) is 0 Å². The number of rotatable bonds is 4. The van der Waals surface area contributed by atoms with Crippen molar-refractivity contribution < 1.29 is 0 Å². The van der Waals surface area contributed by atoms with Crippen LogP contribution in [0.5, 0.6) is 0 Å². The largest absolute Gasteiger partial charge is 0.0651 e. The van der Waals surface area contributed by atoms with Crippen molar-refractivity contribution >= 4 is 0 Å². The van der Waals surface area contributed by atoms with Crippen molar-refractivity contribution in [3.8, 4) is 0 Å². The Morgan fingerprint density at radius 3 is 2.17 bits per heavy atom. The molecule has 12 heavy (non-hydrogen) atoms. The first-order valence-electron chi connectivity index (χ1n) is 5.74. The summed E-state index contributed by atoms with van der Waals surface area (Å²) in [5, 5.41) is 0. The van der Waals surface area contributed by atoms with Crippen LogP contribution in [0.3, 0.4) is 0 Å². The van der Waals surface area contributed by atoms with E-state index in [0.717, 1.165) is 17.8 Å². The van der Waals surface area contributed by atoms with Crippen molar-refractivity contribution in [2.75, 3.05) is 0 Å². The molecule has 0 spiro atoms. The molecule has 1 saturated carbocycles. The zero-order chi connectivity index (χ0) is 8.97. The van der Waals surface area contributed by atoms with Crippen LogP contribution < -0.4 is 0 Å². The van der Waals surface area contributed by atoms with Gasteiger partial charge in [-0.3, -0.25) is 0 Å². The molecule has 1 rings (SSSR count). The molecule has 0 amide bonds. The Labute approximate surface area is 77.7 Å². The van der Waals surface area contributed by atoms with Gasteiger partial charge in [-0.15, -0.1) is 0 Å². The van der Waals surface area contributed by atoms with E-state index in [1.54, 1.807) is 0 Å². The third-order valence-electron chi connectivity index (χ3n) is 3.58. The molecule has 0 aliphatic heterocycles. The molecule has 1 aliphatic carbocycles. The summed E-state index contributed by atoms with van der Waals surface area (Å²) in [7, 11) is 0. The van der Waals surface area contributed by atoms with E-state index in [4.69, 9.17) is 0 Å². The van der Waals surface area contributed by atoms with Crippen molar-refractivity contribution in [1.29, 1.82) is 0 Å². The average Bonchev–Trinajstić information content (AvgIpc) is 2.51. The minimum absolute atomic E-state index is 0.899. The van der Waals surface area contributed by atoms with Gasteiger partial charge in [-0.1, -0.05) is 52.9 Å². The summed E-state index contributed by atoms with van der Waals surface area (Å²) in [4.78, 5) is 0. The van der Waals surface area contributed by atoms with Gasteiger partial charge in [-0.25, -0.2) is 0 Å². The summed E-state index contributed by atoms with van der Waals surface area (Å²) in [6.07, 6.45) is 8.92. The van der Waals surface area contributed by atoms with Crippen molar-refractivity contribution in [2.24, 2.45) is 17.8 Å². The number of hydrogen-bond acceptors (Lipinski definition) is 0. The van der Waals surface area contributed by atoms with Gasteiger partial charge in [0.2, 0.25) is 0 Å². The van der Waals surface area contributed by atoms with E-state index in [1.165, 1.54) is 38.5 Å². The van der Waals surface area contributed by atoms with Crippen LogP contribution in [0.1, 0.15) is 59.3 Å². The zero-order valence-electron chi connectivity index (χ0n) is 8.97. The maximum Gasteiger partial charge on any atom is -0.0391 e. The van der Waals surface area contributed by atoms with E-state index in [9.17, 15) is 0 Å². The quantitative estimate of drug-likeness (QED) is 0.588. The summed E-state index contributed by atoms with van der Waals surface area (Å²) >= 11 is 0. The fraction of sp³-hybridized carbons (Fsp3) is 1.00. The van der Waals surface area contributed by atoms with Gasteiger partial charge in [-0.05, 0) is 24.2 Å². The molecule has 0 N–H and O–H groups in total. The van der Waals surface area contributed by atoms with Gasteiger partial charge >= 0.3 is 0 Å². The molecular weight excluding hydrogens is 144 g/mol. The summed E-state index contributed by atoms with van der Waals surface area (Å²) < 4.78 is 0. The monoisotopic (exact) mass is 168 g/mol. The van der Waals surface area contributed by atoms with E-state index in [0.29, 0.717) is 0 Å². The Morgan fingerprint density at radius 1 is 1.17 bits per heavy atom. The van der Waals surface area contributed by atoms with Gasteiger partial charge in [0, 0.05) is 0 Å². The predicted octanol–water partition coefficient (Wildman–Crippen LogP) is 4.25. The minimum atomic E-state index is 0.899. The van der Waals surface area contributed by atoms with E-state index in [2.05, 4.69) is 20.8 Å². The molecule has 0 heterocycles. The van der Waals surface area contributed by atoms with Crippen LogP contribution in [0.2, 0.25) is 0 Å². The molecule has 0 aromatic heterocycles. The Bertz CT molecular complexity index is 109. The second kappa shape index (κ2) is 4.89. The molecule has 0 unspecified atom stereocenters. The molecule has 0 aromatic carbocycles. The van der Waals surface area contributed by atoms with Gasteiger partial charge < -0.3 is 0 Å². The molecule has 1 fully saturated rings. The van der Waals surface area contributed by atoms with Crippen LogP contribution in [0.4, 0.5) is 0 Å². The standard InChI is InChI=1S/C12H24/c1-4-12(10(2)3)9-11-7-5-6-8-11/h10-12H,4-9H2,1-3H3/t12-/m1/s1. The molecule has 0 saturated heterocycles. The van der Waals surface area contributed by atoms with Crippen molar-refractivity contribution in [3.05, 3.63) is 0 Å². The van der Waals surface area contributed by atoms with Gasteiger partial charge in [0.25, 0.3) is 0 Å². The fourth-order valence-corrected chi connectivity index (χ4v) is 2.58. The first-order chi connectivity index (χ1) is 5.74. The van der Waals surface area contributed by atoms with E-state index in [-0.39, 0.29) is 0 Å². The first kappa shape index (κ1) is 10.1. The summed E-state index contributed by atoms with van der Waals surface area (Å²) in [5.41, 5.74) is 0. The van der Waals surface area contributed by atoms with Crippen molar-refractivity contribution in [2.45, 2.75) is 59.3 Å². The van der Waals surface area contributed by atoms with Crippen molar-refractivity contribution in [3.63, 3.8) is 0 Å². The maximum atomic E-state index is 2.38. The average molecular weight is 168 g/mol. The third kappa shape index (κ3) is 2.80. The molecule has 72 valence electrons. The smallest absolute Gasteiger partial charge is 0.0391 e. The van der Waals surface area contributed by atoms with Crippen LogP contribution in [-0.2, 0) is 0 Å². The van der Waals surface area contributed by atoms with Gasteiger partial charge in [0.05, 0.1) is 0 Å². The molecular formula is C12H24. The van der Waals surface area contributed by atoms with Gasteiger partial charge in [0.15, 0.2) is 0 Å². The topological polar surface area (TPSA) is 0 Å². The summed E-state index contributed by atoms with van der Waals surface area (Å²) in [6, 6.07) is 0. The van der Waals surface area contributed by atoms with Crippen LogP contribution in [0, 0.1) is 17.8 Å². The summed E-state index contributed by atoms with van der Waals surface area (Å²) in [6.45, 7) is 7.10. The predicted molar refractivity (Wildman–Crippen MR) is 55.2 cm³/mol.